The summed E-state index contributed by atoms with van der Waals surface area (Å²) >= 11 is 0. The number of carbonyl (C=O) groups excluding carboxylic acids is 1. The van der Waals surface area contributed by atoms with Crippen molar-refractivity contribution in [1.82, 2.24) is 20.3 Å². The lowest BCUT2D eigenvalue weighted by Gasteiger charge is -2.14. The number of nitrogens with zero attached hydrogens (tertiary/aromatic N) is 2. The summed E-state index contributed by atoms with van der Waals surface area (Å²) in [6.45, 7) is 2.28. The van der Waals surface area contributed by atoms with Crippen molar-refractivity contribution in [3.63, 3.8) is 0 Å². The molecule has 1 unspecified atom stereocenters. The van der Waals surface area contributed by atoms with Gasteiger partial charge in [-0.2, -0.15) is 0 Å². The van der Waals surface area contributed by atoms with E-state index in [0.717, 1.165) is 0 Å². The normalized spacial score (nSPS) is 11.9. The van der Waals surface area contributed by atoms with Crippen LogP contribution in [0.25, 0.3) is 22.4 Å². The predicted octanol–water partition coefficient (Wildman–Crippen LogP) is 2.42. The van der Waals surface area contributed by atoms with E-state index in [1.165, 1.54) is 0 Å². The van der Waals surface area contributed by atoms with Crippen molar-refractivity contribution in [1.29, 1.82) is 0 Å². The molecule has 154 valence electrons. The molecule has 0 fully saturated rings. The van der Waals surface area contributed by atoms with Crippen LogP contribution in [0.2, 0.25) is 0 Å². The maximum atomic E-state index is 12.6. The first-order chi connectivity index (χ1) is 14.0. The number of aromatic amines is 1. The molecule has 0 spiro atoms. The maximum absolute atomic E-state index is 12.6. The Morgan fingerprint density at radius 2 is 1.83 bits per heavy atom. The van der Waals surface area contributed by atoms with Gasteiger partial charge in [0.1, 0.15) is 5.52 Å². The molecule has 0 saturated carbocycles. The molecule has 9 heteroatoms. The second kappa shape index (κ2) is 8.78. The topological polar surface area (TPSA) is 108 Å². The number of carbonyl (C=O) groups is 1. The smallest absolute Gasteiger partial charge is 0.255 e. The van der Waals surface area contributed by atoms with Gasteiger partial charge in [0.15, 0.2) is 17.1 Å². The van der Waals surface area contributed by atoms with Crippen LogP contribution in [0, 0.1) is 0 Å². The highest BCUT2D eigenvalue weighted by atomic mass is 16.5. The van der Waals surface area contributed by atoms with Gasteiger partial charge in [0, 0.05) is 24.9 Å². The summed E-state index contributed by atoms with van der Waals surface area (Å²) in [6.07, 6.45) is 3.22. The summed E-state index contributed by atoms with van der Waals surface area (Å²) in [4.78, 5) is 24.6. The Labute approximate surface area is 168 Å². The summed E-state index contributed by atoms with van der Waals surface area (Å²) in [6, 6.07) is 3.43. The number of methoxy groups -OCH3 is 4. The second-order valence-corrected chi connectivity index (χ2v) is 6.40. The van der Waals surface area contributed by atoms with E-state index in [4.69, 9.17) is 18.9 Å². The average Bonchev–Trinajstić information content (AvgIpc) is 3.16. The number of hydrogen-bond acceptors (Lipinski definition) is 7. The zero-order valence-electron chi connectivity index (χ0n) is 17.0. The van der Waals surface area contributed by atoms with E-state index < -0.39 is 0 Å². The molecule has 0 bridgehead atoms. The van der Waals surface area contributed by atoms with Crippen LogP contribution in [-0.4, -0.2) is 61.9 Å². The van der Waals surface area contributed by atoms with Gasteiger partial charge in [-0.05, 0) is 19.1 Å². The number of fused-ring (bicyclic) bond motifs is 1. The van der Waals surface area contributed by atoms with Crippen molar-refractivity contribution in [3.05, 3.63) is 30.1 Å². The summed E-state index contributed by atoms with van der Waals surface area (Å²) in [7, 11) is 6.22. The Kier molecular flexibility index (Phi) is 6.18. The van der Waals surface area contributed by atoms with Gasteiger partial charge in [0.25, 0.3) is 5.91 Å². The quantitative estimate of drug-likeness (QED) is 0.598. The minimum atomic E-state index is -0.253. The molecule has 1 aromatic carbocycles. The van der Waals surface area contributed by atoms with E-state index in [9.17, 15) is 4.79 Å². The summed E-state index contributed by atoms with van der Waals surface area (Å²) in [5.41, 5.74) is 2.68. The SMILES string of the molecule is COCC(C)NC(=O)c1c[nH]c2ncc(-c3cc(OC)c(OC)c(OC)c3)nc12. The molecular weight excluding hydrogens is 376 g/mol. The summed E-state index contributed by atoms with van der Waals surface area (Å²) in [5, 5.41) is 2.88. The lowest BCUT2D eigenvalue weighted by atomic mass is 10.1. The molecule has 0 aliphatic rings. The first-order valence-corrected chi connectivity index (χ1v) is 8.96. The van der Waals surface area contributed by atoms with Crippen LogP contribution in [0.1, 0.15) is 17.3 Å². The molecule has 3 rings (SSSR count). The third-order valence-corrected chi connectivity index (χ3v) is 4.38. The number of hydrogen-bond donors (Lipinski definition) is 2. The first kappa shape index (κ1) is 20.4. The molecule has 29 heavy (non-hydrogen) atoms. The van der Waals surface area contributed by atoms with E-state index in [1.807, 2.05) is 6.92 Å². The van der Waals surface area contributed by atoms with E-state index in [1.54, 1.807) is 53.0 Å². The molecule has 1 amide bonds. The minimum absolute atomic E-state index is 0.135. The van der Waals surface area contributed by atoms with Crippen molar-refractivity contribution in [2.45, 2.75) is 13.0 Å². The number of benzene rings is 1. The molecular formula is C20H24N4O5. The minimum Gasteiger partial charge on any atom is -0.493 e. The van der Waals surface area contributed by atoms with Crippen LogP contribution in [0.4, 0.5) is 0 Å². The highest BCUT2D eigenvalue weighted by Gasteiger charge is 2.19. The lowest BCUT2D eigenvalue weighted by Crippen LogP contribution is -2.35. The average molecular weight is 400 g/mol. The van der Waals surface area contributed by atoms with Crippen LogP contribution in [0.3, 0.4) is 0 Å². The fourth-order valence-electron chi connectivity index (χ4n) is 3.03. The van der Waals surface area contributed by atoms with Gasteiger partial charge in [-0.1, -0.05) is 0 Å². The molecule has 0 saturated heterocycles. The number of nitrogens with one attached hydrogen (secondary N) is 2. The highest BCUT2D eigenvalue weighted by molar-refractivity contribution is 6.04. The Morgan fingerprint density at radius 3 is 2.41 bits per heavy atom. The molecule has 0 radical (unpaired) electrons. The molecule has 2 N–H and O–H groups in total. The van der Waals surface area contributed by atoms with E-state index >= 15 is 0 Å². The van der Waals surface area contributed by atoms with Gasteiger partial charge < -0.3 is 29.2 Å². The van der Waals surface area contributed by atoms with Gasteiger partial charge in [-0.15, -0.1) is 0 Å². The molecule has 0 aliphatic carbocycles. The zero-order chi connectivity index (χ0) is 21.0. The van der Waals surface area contributed by atoms with Gasteiger partial charge in [-0.25, -0.2) is 9.97 Å². The predicted molar refractivity (Wildman–Crippen MR) is 108 cm³/mol. The number of aromatic nitrogens is 3. The van der Waals surface area contributed by atoms with Gasteiger partial charge in [0.05, 0.1) is 45.4 Å². The van der Waals surface area contributed by atoms with Crippen molar-refractivity contribution in [3.8, 4) is 28.5 Å². The van der Waals surface area contributed by atoms with E-state index in [2.05, 4.69) is 20.3 Å². The van der Waals surface area contributed by atoms with E-state index in [-0.39, 0.29) is 11.9 Å². The zero-order valence-corrected chi connectivity index (χ0v) is 17.0. The standard InChI is InChI=1S/C20H24N4O5/c1-11(10-26-2)23-20(25)13-8-21-19-17(13)24-14(9-22-19)12-6-15(27-3)18(29-5)16(7-12)28-4/h6-9,11H,10H2,1-5H3,(H,21,22)(H,23,25). The number of ether oxygens (including phenoxy) is 4. The molecule has 9 nitrogen and oxygen atoms in total. The molecule has 3 aromatic rings. The number of amides is 1. The van der Waals surface area contributed by atoms with Crippen LogP contribution < -0.4 is 19.5 Å². The Bertz CT molecular complexity index is 992. The van der Waals surface area contributed by atoms with Crippen molar-refractivity contribution >= 4 is 17.1 Å². The fourth-order valence-corrected chi connectivity index (χ4v) is 3.03. The number of rotatable bonds is 8. The number of H-pyrrole nitrogens is 1. The fraction of sp³-hybridized carbons (Fsp3) is 0.350. The molecule has 0 aliphatic heterocycles. The third-order valence-electron chi connectivity index (χ3n) is 4.38. The first-order valence-electron chi connectivity index (χ1n) is 8.96. The molecule has 2 heterocycles. The van der Waals surface area contributed by atoms with Crippen LogP contribution in [0.15, 0.2) is 24.5 Å². The third kappa shape index (κ3) is 4.09. The molecule has 1 atom stereocenters. The van der Waals surface area contributed by atoms with Crippen LogP contribution in [-0.2, 0) is 4.74 Å². The van der Waals surface area contributed by atoms with Crippen molar-refractivity contribution in [2.24, 2.45) is 0 Å². The van der Waals surface area contributed by atoms with Gasteiger partial charge in [0.2, 0.25) is 5.75 Å². The van der Waals surface area contributed by atoms with Crippen LogP contribution in [0.5, 0.6) is 17.2 Å². The van der Waals surface area contributed by atoms with Gasteiger partial charge in [-0.3, -0.25) is 4.79 Å². The highest BCUT2D eigenvalue weighted by Crippen LogP contribution is 2.40. The second-order valence-electron chi connectivity index (χ2n) is 6.40. The monoisotopic (exact) mass is 400 g/mol. The lowest BCUT2D eigenvalue weighted by molar-refractivity contribution is 0.0907. The van der Waals surface area contributed by atoms with Crippen molar-refractivity contribution in [2.75, 3.05) is 35.0 Å². The summed E-state index contributed by atoms with van der Waals surface area (Å²) in [5.74, 6) is 1.24. The molecule has 2 aromatic heterocycles. The Balaban J connectivity index is 2.03. The Morgan fingerprint density at radius 1 is 1.14 bits per heavy atom. The maximum Gasteiger partial charge on any atom is 0.255 e. The Hall–Kier alpha value is -3.33. The van der Waals surface area contributed by atoms with E-state index in [0.29, 0.717) is 51.8 Å². The summed E-state index contributed by atoms with van der Waals surface area (Å²) < 4.78 is 21.2. The van der Waals surface area contributed by atoms with Crippen molar-refractivity contribution < 1.29 is 23.7 Å². The van der Waals surface area contributed by atoms with Crippen LogP contribution >= 0.6 is 0 Å². The van der Waals surface area contributed by atoms with Gasteiger partial charge >= 0.3 is 0 Å². The largest absolute Gasteiger partial charge is 0.493 e.